The molecule has 0 bridgehead atoms. The summed E-state index contributed by atoms with van der Waals surface area (Å²) in [6.07, 6.45) is 4.50. The van der Waals surface area contributed by atoms with Crippen LogP contribution in [0.3, 0.4) is 0 Å². The average Bonchev–Trinajstić information content (AvgIpc) is 2.11. The molecule has 0 heterocycles. The van der Waals surface area contributed by atoms with Gasteiger partial charge in [0, 0.05) is 0 Å². The van der Waals surface area contributed by atoms with E-state index in [1.54, 1.807) is 0 Å². The Bertz CT molecular complexity index is 19.3. The second-order valence-electron chi connectivity index (χ2n) is 1.56. The summed E-state index contributed by atoms with van der Waals surface area (Å²) in [5.74, 6) is 0. The zero-order chi connectivity index (χ0) is 4.83. The van der Waals surface area contributed by atoms with Crippen molar-refractivity contribution in [1.82, 2.24) is 5.32 Å². The smallest absolute Gasteiger partial charge is 0.0167 e. The molecule has 1 aliphatic rings. The molecular weight excluding hydrogens is 110 g/mol. The minimum Gasteiger partial charge on any atom is -0.323 e. The largest absolute Gasteiger partial charge is 0.323 e. The molecule has 0 spiro atoms. The summed E-state index contributed by atoms with van der Waals surface area (Å²) in [5.41, 5.74) is 0. The number of halogens is 1. The van der Waals surface area contributed by atoms with Crippen molar-refractivity contribution in [3.8, 4) is 0 Å². The van der Waals surface area contributed by atoms with Gasteiger partial charge >= 0.3 is 0 Å². The number of hydrogen-bond acceptors (Lipinski definition) is 1. The van der Waals surface area contributed by atoms with Gasteiger partial charge in [0.2, 0.25) is 0 Å². The van der Waals surface area contributed by atoms with E-state index in [0.29, 0.717) is 0 Å². The molecule has 1 saturated carbocycles. The average molecular weight is 124 g/mol. The minimum atomic E-state index is 0. The van der Waals surface area contributed by atoms with E-state index in [2.05, 4.69) is 5.32 Å². The van der Waals surface area contributed by atoms with Gasteiger partial charge in [-0.2, -0.15) is 0 Å². The molecule has 46 valence electrons. The summed E-state index contributed by atoms with van der Waals surface area (Å²) >= 11 is 0. The maximum absolute atomic E-state index is 2.75. The molecule has 0 radical (unpaired) electrons. The van der Waals surface area contributed by atoms with E-state index in [-0.39, 0.29) is 12.4 Å². The van der Waals surface area contributed by atoms with Crippen LogP contribution in [0.5, 0.6) is 0 Å². The zero-order valence-electron chi connectivity index (χ0n) is 5.03. The molecule has 0 aromatic rings. The summed E-state index contributed by atoms with van der Waals surface area (Å²) < 4.78 is 0. The third kappa shape index (κ3) is 72.2. The van der Waals surface area contributed by atoms with Crippen LogP contribution in [0.4, 0.5) is 0 Å². The van der Waals surface area contributed by atoms with Gasteiger partial charge in [0.15, 0.2) is 0 Å². The van der Waals surface area contributed by atoms with Crippen molar-refractivity contribution in [3.63, 3.8) is 0 Å². The zero-order valence-corrected chi connectivity index (χ0v) is 5.85. The van der Waals surface area contributed by atoms with Crippen molar-refractivity contribution in [3.05, 3.63) is 0 Å². The van der Waals surface area contributed by atoms with Crippen LogP contribution in [0, 0.1) is 0 Å². The Morgan fingerprint density at radius 2 is 1.14 bits per heavy atom. The van der Waals surface area contributed by atoms with E-state index >= 15 is 0 Å². The SMILES string of the molecule is C1CC1.CNC.Cl. The first kappa shape index (κ1) is 10.3. The third-order valence-electron chi connectivity index (χ3n) is 0.354. The number of nitrogens with one attached hydrogen (secondary N) is 1. The van der Waals surface area contributed by atoms with Crippen LogP contribution in [0.15, 0.2) is 0 Å². The van der Waals surface area contributed by atoms with Gasteiger partial charge in [-0.3, -0.25) is 0 Å². The summed E-state index contributed by atoms with van der Waals surface area (Å²) in [4.78, 5) is 0. The molecule has 0 aliphatic heterocycles. The molecule has 7 heavy (non-hydrogen) atoms. The third-order valence-corrected chi connectivity index (χ3v) is 0.354. The molecule has 0 atom stereocenters. The molecule has 1 N–H and O–H groups in total. The monoisotopic (exact) mass is 123 g/mol. The van der Waals surface area contributed by atoms with Crippen LogP contribution >= 0.6 is 12.4 Å². The van der Waals surface area contributed by atoms with Crippen LogP contribution < -0.4 is 5.32 Å². The van der Waals surface area contributed by atoms with Crippen LogP contribution in [-0.4, -0.2) is 14.1 Å². The standard InChI is InChI=1S/C3H6.C2H7N.ClH/c1-2-3-1;1-3-2;/h1-3H2;3H,1-2H3;1H. The van der Waals surface area contributed by atoms with E-state index < -0.39 is 0 Å². The van der Waals surface area contributed by atoms with Gasteiger partial charge in [0.05, 0.1) is 0 Å². The molecule has 1 fully saturated rings. The summed E-state index contributed by atoms with van der Waals surface area (Å²) in [7, 11) is 3.75. The maximum Gasteiger partial charge on any atom is -0.0167 e. The topological polar surface area (TPSA) is 12.0 Å². The predicted octanol–water partition coefficient (Wildman–Crippen LogP) is 1.43. The Morgan fingerprint density at radius 1 is 1.00 bits per heavy atom. The molecular formula is C5H14ClN. The van der Waals surface area contributed by atoms with Crippen LogP contribution in [0.1, 0.15) is 19.3 Å². The first-order valence-electron chi connectivity index (χ1n) is 2.50. The van der Waals surface area contributed by atoms with Gasteiger partial charge in [0.1, 0.15) is 0 Å². The number of hydrogen-bond donors (Lipinski definition) is 1. The molecule has 0 aromatic heterocycles. The fourth-order valence-electron chi connectivity index (χ4n) is 0. The molecule has 1 nitrogen and oxygen atoms in total. The normalized spacial score (nSPS) is 12.9. The summed E-state index contributed by atoms with van der Waals surface area (Å²) in [6.45, 7) is 0. The Balaban J connectivity index is 0. The minimum absolute atomic E-state index is 0. The molecule has 1 rings (SSSR count). The highest BCUT2D eigenvalue weighted by Crippen LogP contribution is 2.14. The van der Waals surface area contributed by atoms with Crippen LogP contribution in [0.2, 0.25) is 0 Å². The summed E-state index contributed by atoms with van der Waals surface area (Å²) in [6, 6.07) is 0. The van der Waals surface area contributed by atoms with E-state index in [1.165, 1.54) is 19.3 Å². The molecule has 0 amide bonds. The lowest BCUT2D eigenvalue weighted by Gasteiger charge is -1.59. The van der Waals surface area contributed by atoms with Gasteiger partial charge < -0.3 is 5.32 Å². The summed E-state index contributed by atoms with van der Waals surface area (Å²) in [5, 5.41) is 2.75. The lowest BCUT2D eigenvalue weighted by molar-refractivity contribution is 1.02. The van der Waals surface area contributed by atoms with Gasteiger partial charge in [-0.05, 0) is 14.1 Å². The van der Waals surface area contributed by atoms with Crippen molar-refractivity contribution in [2.45, 2.75) is 19.3 Å². The Labute approximate surface area is 51.9 Å². The fourth-order valence-corrected chi connectivity index (χ4v) is 0. The molecule has 0 unspecified atom stereocenters. The lowest BCUT2D eigenvalue weighted by Crippen LogP contribution is -1.89. The number of rotatable bonds is 0. The quantitative estimate of drug-likeness (QED) is 0.514. The van der Waals surface area contributed by atoms with Crippen LogP contribution in [-0.2, 0) is 0 Å². The highest BCUT2D eigenvalue weighted by molar-refractivity contribution is 5.85. The van der Waals surface area contributed by atoms with Crippen molar-refractivity contribution >= 4 is 12.4 Å². The Hall–Kier alpha value is 0.250. The van der Waals surface area contributed by atoms with Gasteiger partial charge in [-0.25, -0.2) is 0 Å². The first-order valence-corrected chi connectivity index (χ1v) is 2.50. The van der Waals surface area contributed by atoms with E-state index in [9.17, 15) is 0 Å². The van der Waals surface area contributed by atoms with E-state index in [0.717, 1.165) is 0 Å². The Kier molecular flexibility index (Phi) is 14.0. The van der Waals surface area contributed by atoms with Crippen molar-refractivity contribution in [2.75, 3.05) is 14.1 Å². The van der Waals surface area contributed by atoms with E-state index in [1.807, 2.05) is 14.1 Å². The first-order chi connectivity index (χ1) is 2.91. The Morgan fingerprint density at radius 3 is 1.14 bits per heavy atom. The molecule has 1 aliphatic carbocycles. The van der Waals surface area contributed by atoms with Crippen molar-refractivity contribution < 1.29 is 0 Å². The van der Waals surface area contributed by atoms with Gasteiger partial charge in [-0.15, -0.1) is 12.4 Å². The molecule has 0 saturated heterocycles. The van der Waals surface area contributed by atoms with E-state index in [4.69, 9.17) is 0 Å². The maximum atomic E-state index is 2.75. The second-order valence-corrected chi connectivity index (χ2v) is 1.56. The van der Waals surface area contributed by atoms with Gasteiger partial charge in [0.25, 0.3) is 0 Å². The predicted molar refractivity (Wildman–Crippen MR) is 36.1 cm³/mol. The second kappa shape index (κ2) is 9.54. The lowest BCUT2D eigenvalue weighted by atomic mass is 11.0. The fraction of sp³-hybridized carbons (Fsp3) is 1.00. The van der Waals surface area contributed by atoms with Crippen molar-refractivity contribution in [1.29, 1.82) is 0 Å². The highest BCUT2D eigenvalue weighted by atomic mass is 35.5. The van der Waals surface area contributed by atoms with Crippen molar-refractivity contribution in [2.24, 2.45) is 0 Å². The molecule has 0 aromatic carbocycles. The van der Waals surface area contributed by atoms with Crippen LogP contribution in [0.25, 0.3) is 0 Å². The van der Waals surface area contributed by atoms with Gasteiger partial charge in [-0.1, -0.05) is 19.3 Å². The molecule has 2 heteroatoms. The highest BCUT2D eigenvalue weighted by Gasteiger charge is 1.95.